The first-order valence-corrected chi connectivity index (χ1v) is 6.63. The van der Waals surface area contributed by atoms with Crippen LogP contribution in [0, 0.1) is 0 Å². The van der Waals surface area contributed by atoms with Gasteiger partial charge in [0.05, 0.1) is 19.4 Å². The van der Waals surface area contributed by atoms with E-state index in [1.54, 1.807) is 37.4 Å². The molecule has 0 spiro atoms. The second-order valence-corrected chi connectivity index (χ2v) is 4.31. The minimum Gasteiger partial charge on any atom is -0.495 e. The molecule has 0 aliphatic carbocycles. The van der Waals surface area contributed by atoms with Gasteiger partial charge in [-0.3, -0.25) is 4.79 Å². The SMILES string of the molecule is CCOc1cccc(N)c1C(=O)Nc1ccccc1OC. The van der Waals surface area contributed by atoms with Crippen molar-refractivity contribution in [3.63, 3.8) is 0 Å². The number of carbonyl (C=O) groups excluding carboxylic acids is 1. The highest BCUT2D eigenvalue weighted by Crippen LogP contribution is 2.28. The molecule has 0 heterocycles. The van der Waals surface area contributed by atoms with Crippen LogP contribution in [-0.4, -0.2) is 19.6 Å². The Morgan fingerprint density at radius 2 is 1.86 bits per heavy atom. The lowest BCUT2D eigenvalue weighted by atomic mass is 10.1. The molecule has 2 aromatic carbocycles. The molecule has 0 saturated heterocycles. The summed E-state index contributed by atoms with van der Waals surface area (Å²) in [4.78, 5) is 12.5. The Morgan fingerprint density at radius 3 is 2.57 bits per heavy atom. The second-order valence-electron chi connectivity index (χ2n) is 4.31. The molecule has 5 nitrogen and oxygen atoms in total. The Labute approximate surface area is 123 Å². The molecule has 5 heteroatoms. The number of benzene rings is 2. The number of rotatable bonds is 5. The van der Waals surface area contributed by atoms with Crippen molar-refractivity contribution >= 4 is 17.3 Å². The first-order chi connectivity index (χ1) is 10.2. The van der Waals surface area contributed by atoms with Gasteiger partial charge in [0.1, 0.15) is 17.1 Å². The average molecular weight is 286 g/mol. The lowest BCUT2D eigenvalue weighted by molar-refractivity contribution is 0.102. The van der Waals surface area contributed by atoms with E-state index in [9.17, 15) is 4.79 Å². The Bertz CT molecular complexity index is 641. The van der Waals surface area contributed by atoms with Gasteiger partial charge in [0.2, 0.25) is 0 Å². The Balaban J connectivity index is 2.32. The van der Waals surface area contributed by atoms with Crippen LogP contribution in [0.15, 0.2) is 42.5 Å². The van der Waals surface area contributed by atoms with Gasteiger partial charge < -0.3 is 20.5 Å². The second kappa shape index (κ2) is 6.65. The molecule has 110 valence electrons. The van der Waals surface area contributed by atoms with E-state index in [0.29, 0.717) is 35.0 Å². The van der Waals surface area contributed by atoms with Crippen molar-refractivity contribution in [1.82, 2.24) is 0 Å². The Morgan fingerprint density at radius 1 is 1.14 bits per heavy atom. The molecular formula is C16H18N2O3. The van der Waals surface area contributed by atoms with E-state index in [1.165, 1.54) is 0 Å². The number of para-hydroxylation sites is 2. The summed E-state index contributed by atoms with van der Waals surface area (Å²) in [7, 11) is 1.55. The van der Waals surface area contributed by atoms with Gasteiger partial charge in [-0.2, -0.15) is 0 Å². The van der Waals surface area contributed by atoms with E-state index in [0.717, 1.165) is 0 Å². The molecule has 0 saturated carbocycles. The minimum atomic E-state index is -0.332. The molecule has 0 aliphatic rings. The molecule has 0 atom stereocenters. The smallest absolute Gasteiger partial charge is 0.261 e. The van der Waals surface area contributed by atoms with E-state index in [1.807, 2.05) is 19.1 Å². The maximum Gasteiger partial charge on any atom is 0.261 e. The van der Waals surface area contributed by atoms with Gasteiger partial charge in [-0.25, -0.2) is 0 Å². The largest absolute Gasteiger partial charge is 0.495 e. The van der Waals surface area contributed by atoms with Crippen LogP contribution >= 0.6 is 0 Å². The van der Waals surface area contributed by atoms with E-state index < -0.39 is 0 Å². The predicted molar refractivity (Wildman–Crippen MR) is 83.0 cm³/mol. The van der Waals surface area contributed by atoms with Gasteiger partial charge in [-0.05, 0) is 31.2 Å². The molecule has 2 aromatic rings. The molecule has 0 radical (unpaired) electrons. The van der Waals surface area contributed by atoms with Crippen molar-refractivity contribution in [2.45, 2.75) is 6.92 Å². The summed E-state index contributed by atoms with van der Waals surface area (Å²) in [5.74, 6) is 0.712. The summed E-state index contributed by atoms with van der Waals surface area (Å²) in [5, 5.41) is 2.79. The third-order valence-corrected chi connectivity index (χ3v) is 2.94. The Hall–Kier alpha value is -2.69. The monoisotopic (exact) mass is 286 g/mol. The molecule has 0 bridgehead atoms. The van der Waals surface area contributed by atoms with Crippen LogP contribution in [0.2, 0.25) is 0 Å². The van der Waals surface area contributed by atoms with Gasteiger partial charge in [-0.15, -0.1) is 0 Å². The van der Waals surface area contributed by atoms with Crippen LogP contribution in [0.3, 0.4) is 0 Å². The first-order valence-electron chi connectivity index (χ1n) is 6.63. The van der Waals surface area contributed by atoms with Crippen molar-refractivity contribution in [3.05, 3.63) is 48.0 Å². The predicted octanol–water partition coefficient (Wildman–Crippen LogP) is 2.93. The first kappa shape index (κ1) is 14.7. The molecule has 0 fully saturated rings. The zero-order valence-corrected chi connectivity index (χ0v) is 12.1. The number of amides is 1. The molecule has 0 unspecified atom stereocenters. The minimum absolute atomic E-state index is 0.324. The summed E-state index contributed by atoms with van der Waals surface area (Å²) < 4.78 is 10.7. The van der Waals surface area contributed by atoms with Crippen LogP contribution in [0.1, 0.15) is 17.3 Å². The van der Waals surface area contributed by atoms with Crippen molar-refractivity contribution in [2.24, 2.45) is 0 Å². The van der Waals surface area contributed by atoms with Crippen LogP contribution in [0.5, 0.6) is 11.5 Å². The van der Waals surface area contributed by atoms with Crippen molar-refractivity contribution in [3.8, 4) is 11.5 Å². The van der Waals surface area contributed by atoms with Crippen LogP contribution in [-0.2, 0) is 0 Å². The lowest BCUT2D eigenvalue weighted by Crippen LogP contribution is -2.16. The number of nitrogens with one attached hydrogen (secondary N) is 1. The number of nitrogens with two attached hydrogens (primary N) is 1. The van der Waals surface area contributed by atoms with E-state index in [4.69, 9.17) is 15.2 Å². The van der Waals surface area contributed by atoms with E-state index in [-0.39, 0.29) is 5.91 Å². The fraction of sp³-hybridized carbons (Fsp3) is 0.188. The Kier molecular flexibility index (Phi) is 4.66. The summed E-state index contributed by atoms with van der Waals surface area (Å²) >= 11 is 0. The van der Waals surface area contributed by atoms with Crippen LogP contribution in [0.4, 0.5) is 11.4 Å². The molecule has 21 heavy (non-hydrogen) atoms. The standard InChI is InChI=1S/C16H18N2O3/c1-3-21-14-10-6-7-11(17)15(14)16(19)18-12-8-4-5-9-13(12)20-2/h4-10H,3,17H2,1-2H3,(H,18,19). The third-order valence-electron chi connectivity index (χ3n) is 2.94. The number of hydrogen-bond donors (Lipinski definition) is 2. The maximum atomic E-state index is 12.5. The number of carbonyl (C=O) groups is 1. The maximum absolute atomic E-state index is 12.5. The summed E-state index contributed by atoms with van der Waals surface area (Å²) in [6.45, 7) is 2.31. The fourth-order valence-corrected chi connectivity index (χ4v) is 2.00. The van der Waals surface area contributed by atoms with Gasteiger partial charge >= 0.3 is 0 Å². The van der Waals surface area contributed by atoms with E-state index in [2.05, 4.69) is 5.32 Å². The highest BCUT2D eigenvalue weighted by Gasteiger charge is 2.17. The topological polar surface area (TPSA) is 73.6 Å². The molecule has 2 rings (SSSR count). The van der Waals surface area contributed by atoms with Gasteiger partial charge in [0.15, 0.2) is 0 Å². The number of ether oxygens (including phenoxy) is 2. The van der Waals surface area contributed by atoms with Gasteiger partial charge in [-0.1, -0.05) is 18.2 Å². The lowest BCUT2D eigenvalue weighted by Gasteiger charge is -2.14. The highest BCUT2D eigenvalue weighted by atomic mass is 16.5. The van der Waals surface area contributed by atoms with Gasteiger partial charge in [0, 0.05) is 5.69 Å². The van der Waals surface area contributed by atoms with Crippen LogP contribution in [0.25, 0.3) is 0 Å². The van der Waals surface area contributed by atoms with Crippen molar-refractivity contribution < 1.29 is 14.3 Å². The molecular weight excluding hydrogens is 268 g/mol. The third kappa shape index (κ3) is 3.25. The molecule has 0 aromatic heterocycles. The zero-order valence-electron chi connectivity index (χ0n) is 12.1. The average Bonchev–Trinajstić information content (AvgIpc) is 2.48. The number of nitrogen functional groups attached to an aromatic ring is 1. The normalized spacial score (nSPS) is 10.0. The summed E-state index contributed by atoms with van der Waals surface area (Å²) in [5.41, 5.74) is 7.18. The summed E-state index contributed by atoms with van der Waals surface area (Å²) in [6.07, 6.45) is 0. The van der Waals surface area contributed by atoms with E-state index >= 15 is 0 Å². The number of methoxy groups -OCH3 is 1. The highest BCUT2D eigenvalue weighted by molar-refractivity contribution is 6.10. The molecule has 1 amide bonds. The number of hydrogen-bond acceptors (Lipinski definition) is 4. The quantitative estimate of drug-likeness (QED) is 0.829. The number of anilines is 2. The zero-order chi connectivity index (χ0) is 15.2. The fourth-order valence-electron chi connectivity index (χ4n) is 2.00. The molecule has 0 aliphatic heterocycles. The molecule has 3 N–H and O–H groups in total. The van der Waals surface area contributed by atoms with Crippen molar-refractivity contribution in [1.29, 1.82) is 0 Å². The van der Waals surface area contributed by atoms with Crippen molar-refractivity contribution in [2.75, 3.05) is 24.8 Å². The van der Waals surface area contributed by atoms with Gasteiger partial charge in [0.25, 0.3) is 5.91 Å². The van der Waals surface area contributed by atoms with Crippen LogP contribution < -0.4 is 20.5 Å². The summed E-state index contributed by atoms with van der Waals surface area (Å²) in [6, 6.07) is 12.3.